The molecule has 1 aromatic heterocycles. The van der Waals surface area contributed by atoms with Crippen LogP contribution in [0.15, 0.2) is 17.0 Å². The number of carbonyl (C=O) groups is 1. The van der Waals surface area contributed by atoms with Gasteiger partial charge in [0.05, 0.1) is 11.8 Å². The summed E-state index contributed by atoms with van der Waals surface area (Å²) in [4.78, 5) is 9.77. The maximum atomic E-state index is 9.77. The minimum Gasteiger partial charge on any atom is -0.364 e. The van der Waals surface area contributed by atoms with Gasteiger partial charge in [0.25, 0.3) is 0 Å². The highest BCUT2D eigenvalue weighted by Crippen LogP contribution is 1.87. The summed E-state index contributed by atoms with van der Waals surface area (Å²) >= 11 is 0. The Kier molecular flexibility index (Phi) is 0.898. The van der Waals surface area contributed by atoms with Gasteiger partial charge < -0.3 is 4.52 Å². The molecule has 0 atom stereocenters. The first-order chi connectivity index (χ1) is 3.43. The summed E-state index contributed by atoms with van der Waals surface area (Å²) in [6, 6.07) is 0. The number of hydrogen-bond donors (Lipinski definition) is 0. The van der Waals surface area contributed by atoms with Crippen LogP contribution >= 0.6 is 0 Å². The number of rotatable bonds is 1. The predicted molar refractivity (Wildman–Crippen MR) is 21.9 cm³/mol. The van der Waals surface area contributed by atoms with Gasteiger partial charge in [-0.3, -0.25) is 4.79 Å². The highest BCUT2D eigenvalue weighted by Gasteiger charge is 1.86. The second-order valence-electron chi connectivity index (χ2n) is 1.08. The molecule has 0 aliphatic heterocycles. The van der Waals surface area contributed by atoms with Crippen LogP contribution in [-0.2, 0) is 0 Å². The van der Waals surface area contributed by atoms with Crippen molar-refractivity contribution < 1.29 is 9.32 Å². The van der Waals surface area contributed by atoms with Crippen molar-refractivity contribution in [2.45, 2.75) is 0 Å². The highest BCUT2D eigenvalue weighted by molar-refractivity contribution is 5.72. The molecule has 3 heteroatoms. The largest absolute Gasteiger partial charge is 0.364 e. The molecule has 0 amide bonds. The summed E-state index contributed by atoms with van der Waals surface area (Å²) in [5.74, 6) is 0. The topological polar surface area (TPSA) is 43.1 Å². The van der Waals surface area contributed by atoms with Gasteiger partial charge in [-0.2, -0.15) is 0 Å². The van der Waals surface area contributed by atoms with Crippen LogP contribution in [-0.4, -0.2) is 11.4 Å². The lowest BCUT2D eigenvalue weighted by molar-refractivity contribution is 0.112. The van der Waals surface area contributed by atoms with Crippen LogP contribution < -0.4 is 0 Å². The first-order valence-electron chi connectivity index (χ1n) is 1.78. The van der Waals surface area contributed by atoms with Gasteiger partial charge in [0.15, 0.2) is 6.29 Å². The first-order valence-corrected chi connectivity index (χ1v) is 1.78. The molecule has 0 radical (unpaired) electrons. The van der Waals surface area contributed by atoms with Gasteiger partial charge in [-0.05, 0) is 0 Å². The van der Waals surface area contributed by atoms with E-state index < -0.39 is 0 Å². The van der Waals surface area contributed by atoms with E-state index >= 15 is 0 Å². The number of hydrogen-bond acceptors (Lipinski definition) is 3. The van der Waals surface area contributed by atoms with Crippen molar-refractivity contribution >= 4 is 6.29 Å². The molecular formula is C4H3NO2. The Labute approximate surface area is 39.9 Å². The molecule has 0 unspecified atom stereocenters. The summed E-state index contributed by atoms with van der Waals surface area (Å²) in [7, 11) is 0. The molecule has 0 N–H and O–H groups in total. The molecule has 1 heterocycles. The molecule has 0 fully saturated rings. The van der Waals surface area contributed by atoms with Gasteiger partial charge >= 0.3 is 0 Å². The fourth-order valence-electron chi connectivity index (χ4n) is 0.271. The van der Waals surface area contributed by atoms with Gasteiger partial charge in [-0.1, -0.05) is 5.16 Å². The van der Waals surface area contributed by atoms with E-state index in [1.807, 2.05) is 0 Å². The number of aldehydes is 1. The van der Waals surface area contributed by atoms with Gasteiger partial charge in [-0.25, -0.2) is 0 Å². The zero-order chi connectivity index (χ0) is 5.11. The number of nitrogens with zero attached hydrogens (tertiary/aromatic N) is 1. The van der Waals surface area contributed by atoms with E-state index in [4.69, 9.17) is 0 Å². The van der Waals surface area contributed by atoms with E-state index in [1.165, 1.54) is 12.5 Å². The SMILES string of the molecule is O=Cc1cnoc1. The van der Waals surface area contributed by atoms with Crippen molar-refractivity contribution in [1.82, 2.24) is 5.16 Å². The zero-order valence-electron chi connectivity index (χ0n) is 3.50. The molecule has 0 aliphatic carbocycles. The maximum Gasteiger partial charge on any atom is 0.154 e. The first kappa shape index (κ1) is 4.05. The molecule has 0 spiro atoms. The van der Waals surface area contributed by atoms with Crippen LogP contribution in [0.25, 0.3) is 0 Å². The second kappa shape index (κ2) is 1.55. The molecule has 0 bridgehead atoms. The van der Waals surface area contributed by atoms with Crippen molar-refractivity contribution in [2.75, 3.05) is 0 Å². The third-order valence-electron chi connectivity index (χ3n) is 0.588. The molecule has 0 aliphatic rings. The normalized spacial score (nSPS) is 8.57. The van der Waals surface area contributed by atoms with Crippen LogP contribution in [0.4, 0.5) is 0 Å². The van der Waals surface area contributed by atoms with Gasteiger partial charge in [0.2, 0.25) is 0 Å². The van der Waals surface area contributed by atoms with Crippen molar-refractivity contribution in [1.29, 1.82) is 0 Å². The van der Waals surface area contributed by atoms with Crippen LogP contribution in [0.3, 0.4) is 0 Å². The van der Waals surface area contributed by atoms with Gasteiger partial charge in [0.1, 0.15) is 6.26 Å². The molecule has 0 aromatic carbocycles. The summed E-state index contributed by atoms with van der Waals surface area (Å²) < 4.78 is 4.32. The zero-order valence-corrected chi connectivity index (χ0v) is 3.50. The molecule has 7 heavy (non-hydrogen) atoms. The summed E-state index contributed by atoms with van der Waals surface area (Å²) in [6.07, 6.45) is 3.32. The Morgan fingerprint density at radius 3 is 3.00 bits per heavy atom. The fourth-order valence-corrected chi connectivity index (χ4v) is 0.271. The number of carbonyl (C=O) groups excluding carboxylic acids is 1. The average Bonchev–Trinajstić information content (AvgIpc) is 2.14. The van der Waals surface area contributed by atoms with E-state index in [0.29, 0.717) is 11.8 Å². The Morgan fingerprint density at radius 2 is 2.71 bits per heavy atom. The van der Waals surface area contributed by atoms with E-state index in [9.17, 15) is 4.79 Å². The Bertz CT molecular complexity index is 145. The van der Waals surface area contributed by atoms with Crippen molar-refractivity contribution in [3.05, 3.63) is 18.0 Å². The van der Waals surface area contributed by atoms with Crippen molar-refractivity contribution in [2.24, 2.45) is 0 Å². The van der Waals surface area contributed by atoms with Crippen LogP contribution in [0, 0.1) is 0 Å². The third kappa shape index (κ3) is 0.652. The minimum atomic E-state index is 0.472. The van der Waals surface area contributed by atoms with E-state index in [-0.39, 0.29) is 0 Å². The quantitative estimate of drug-likeness (QED) is 0.479. The van der Waals surface area contributed by atoms with Gasteiger partial charge in [0, 0.05) is 0 Å². The predicted octanol–water partition coefficient (Wildman–Crippen LogP) is 0.487. The molecular weight excluding hydrogens is 94.0 g/mol. The lowest BCUT2D eigenvalue weighted by Gasteiger charge is -1.60. The molecule has 1 aromatic rings. The fraction of sp³-hybridized carbons (Fsp3) is 0. The van der Waals surface area contributed by atoms with E-state index in [1.54, 1.807) is 0 Å². The number of aromatic nitrogens is 1. The molecule has 36 valence electrons. The van der Waals surface area contributed by atoms with Crippen LogP contribution in [0.1, 0.15) is 10.4 Å². The summed E-state index contributed by atoms with van der Waals surface area (Å²) in [5, 5.41) is 3.29. The average molecular weight is 97.1 g/mol. The van der Waals surface area contributed by atoms with Crippen LogP contribution in [0.2, 0.25) is 0 Å². The Hall–Kier alpha value is -1.12. The van der Waals surface area contributed by atoms with Gasteiger partial charge in [-0.15, -0.1) is 0 Å². The summed E-state index contributed by atoms with van der Waals surface area (Å²) in [5.41, 5.74) is 0.472. The second-order valence-corrected chi connectivity index (χ2v) is 1.08. The highest BCUT2D eigenvalue weighted by atomic mass is 16.5. The third-order valence-corrected chi connectivity index (χ3v) is 0.588. The van der Waals surface area contributed by atoms with E-state index in [2.05, 4.69) is 9.68 Å². The standard InChI is InChI=1S/C4H3NO2/c6-2-4-1-5-7-3-4/h1-3H. The minimum absolute atomic E-state index is 0.472. The smallest absolute Gasteiger partial charge is 0.154 e. The molecule has 0 saturated heterocycles. The van der Waals surface area contributed by atoms with Crippen LogP contribution in [0.5, 0.6) is 0 Å². The van der Waals surface area contributed by atoms with Crippen molar-refractivity contribution in [3.63, 3.8) is 0 Å². The lowest BCUT2D eigenvalue weighted by atomic mass is 10.4. The molecule has 3 nitrogen and oxygen atoms in total. The Balaban J connectivity index is 2.96. The Morgan fingerprint density at radius 1 is 1.86 bits per heavy atom. The van der Waals surface area contributed by atoms with Crippen molar-refractivity contribution in [3.8, 4) is 0 Å². The monoisotopic (exact) mass is 97.0 g/mol. The summed E-state index contributed by atoms with van der Waals surface area (Å²) in [6.45, 7) is 0. The molecule has 1 rings (SSSR count). The lowest BCUT2D eigenvalue weighted by Crippen LogP contribution is -1.66. The molecule has 0 saturated carbocycles. The van der Waals surface area contributed by atoms with E-state index in [0.717, 1.165) is 0 Å². The maximum absolute atomic E-state index is 9.77.